The molecule has 6 nitrogen and oxygen atoms in total. The molecule has 1 aliphatic carbocycles. The normalized spacial score (nSPS) is 16.4. The summed E-state index contributed by atoms with van der Waals surface area (Å²) in [6, 6.07) is 0. The van der Waals surface area contributed by atoms with Crippen LogP contribution in [0.25, 0.3) is 0 Å². The SMILES string of the molecule is CCn1nc(C)c(CNS(=O)(=O)CC2CC2)n1. The summed E-state index contributed by atoms with van der Waals surface area (Å²) in [4.78, 5) is 1.57. The number of hydrogen-bond acceptors (Lipinski definition) is 4. The lowest BCUT2D eigenvalue weighted by Crippen LogP contribution is -2.27. The van der Waals surface area contributed by atoms with Crippen LogP contribution in [0.15, 0.2) is 0 Å². The van der Waals surface area contributed by atoms with E-state index in [4.69, 9.17) is 0 Å². The quantitative estimate of drug-likeness (QED) is 0.803. The first kappa shape index (κ1) is 12.5. The summed E-state index contributed by atoms with van der Waals surface area (Å²) in [5, 5.41) is 8.38. The van der Waals surface area contributed by atoms with Crippen molar-refractivity contribution in [1.29, 1.82) is 0 Å². The molecule has 2 rings (SSSR count). The van der Waals surface area contributed by atoms with E-state index in [1.807, 2.05) is 13.8 Å². The minimum absolute atomic E-state index is 0.237. The van der Waals surface area contributed by atoms with Gasteiger partial charge < -0.3 is 0 Å². The van der Waals surface area contributed by atoms with Crippen molar-refractivity contribution < 1.29 is 8.42 Å². The highest BCUT2D eigenvalue weighted by molar-refractivity contribution is 7.89. The van der Waals surface area contributed by atoms with Gasteiger partial charge in [-0.15, -0.1) is 0 Å². The molecular formula is C10H18N4O2S. The first-order valence-corrected chi connectivity index (χ1v) is 7.53. The van der Waals surface area contributed by atoms with Gasteiger partial charge in [-0.2, -0.15) is 15.0 Å². The van der Waals surface area contributed by atoms with E-state index < -0.39 is 10.0 Å². The van der Waals surface area contributed by atoms with Crippen LogP contribution in [0.1, 0.15) is 31.2 Å². The van der Waals surface area contributed by atoms with Gasteiger partial charge in [0, 0.05) is 0 Å². The molecule has 96 valence electrons. The van der Waals surface area contributed by atoms with E-state index in [0.717, 1.165) is 18.5 Å². The van der Waals surface area contributed by atoms with Gasteiger partial charge in [-0.1, -0.05) is 0 Å². The zero-order valence-electron chi connectivity index (χ0n) is 10.2. The van der Waals surface area contributed by atoms with Crippen molar-refractivity contribution in [2.45, 2.75) is 39.8 Å². The Morgan fingerprint density at radius 1 is 1.41 bits per heavy atom. The molecule has 1 fully saturated rings. The minimum atomic E-state index is -3.16. The van der Waals surface area contributed by atoms with Crippen LogP contribution in [0.2, 0.25) is 0 Å². The average molecular weight is 258 g/mol. The molecule has 7 heteroatoms. The summed E-state index contributed by atoms with van der Waals surface area (Å²) in [5.41, 5.74) is 1.48. The highest BCUT2D eigenvalue weighted by Crippen LogP contribution is 2.29. The summed E-state index contributed by atoms with van der Waals surface area (Å²) < 4.78 is 25.9. The fourth-order valence-corrected chi connectivity index (χ4v) is 3.03. The van der Waals surface area contributed by atoms with Gasteiger partial charge in [0.2, 0.25) is 10.0 Å². The van der Waals surface area contributed by atoms with Gasteiger partial charge in [0.25, 0.3) is 0 Å². The molecule has 0 aromatic carbocycles. The van der Waals surface area contributed by atoms with Crippen molar-refractivity contribution in [2.24, 2.45) is 5.92 Å². The van der Waals surface area contributed by atoms with E-state index in [-0.39, 0.29) is 12.3 Å². The second-order valence-corrected chi connectivity index (χ2v) is 6.32. The van der Waals surface area contributed by atoms with E-state index in [0.29, 0.717) is 18.2 Å². The molecule has 0 bridgehead atoms. The predicted molar refractivity (Wildman–Crippen MR) is 63.8 cm³/mol. The zero-order valence-corrected chi connectivity index (χ0v) is 11.0. The van der Waals surface area contributed by atoms with E-state index in [1.54, 1.807) is 4.80 Å². The Labute approximate surface area is 101 Å². The second-order valence-electron chi connectivity index (χ2n) is 4.47. The van der Waals surface area contributed by atoms with E-state index in [2.05, 4.69) is 14.9 Å². The molecular weight excluding hydrogens is 240 g/mol. The van der Waals surface area contributed by atoms with Gasteiger partial charge in [0.1, 0.15) is 5.69 Å². The number of sulfonamides is 1. The van der Waals surface area contributed by atoms with Gasteiger partial charge in [0.15, 0.2) is 0 Å². The number of nitrogens with zero attached hydrogens (tertiary/aromatic N) is 3. The standard InChI is InChI=1S/C10H18N4O2S/c1-3-14-12-8(2)10(13-14)6-11-17(15,16)7-9-4-5-9/h9,11H,3-7H2,1-2H3. The molecule has 0 amide bonds. The number of aromatic nitrogens is 3. The Hall–Kier alpha value is -0.950. The first-order chi connectivity index (χ1) is 8.00. The van der Waals surface area contributed by atoms with Crippen LogP contribution in [0.4, 0.5) is 0 Å². The third-order valence-electron chi connectivity index (χ3n) is 2.81. The lowest BCUT2D eigenvalue weighted by molar-refractivity contribution is 0.556. The highest BCUT2D eigenvalue weighted by atomic mass is 32.2. The Balaban J connectivity index is 1.93. The molecule has 0 atom stereocenters. The average Bonchev–Trinajstić information content (AvgIpc) is 2.97. The largest absolute Gasteiger partial charge is 0.212 e. The molecule has 0 radical (unpaired) electrons. The van der Waals surface area contributed by atoms with Crippen molar-refractivity contribution >= 4 is 10.0 Å². The topological polar surface area (TPSA) is 76.9 Å². The minimum Gasteiger partial charge on any atom is -0.212 e. The number of rotatable bonds is 6. The van der Waals surface area contributed by atoms with Gasteiger partial charge in [-0.3, -0.25) is 0 Å². The van der Waals surface area contributed by atoms with Crippen LogP contribution < -0.4 is 4.72 Å². The molecule has 1 saturated carbocycles. The highest BCUT2D eigenvalue weighted by Gasteiger charge is 2.27. The fraction of sp³-hybridized carbons (Fsp3) is 0.800. The first-order valence-electron chi connectivity index (χ1n) is 5.88. The zero-order chi connectivity index (χ0) is 12.5. The van der Waals surface area contributed by atoms with E-state index in [1.165, 1.54) is 0 Å². The van der Waals surface area contributed by atoms with Crippen LogP contribution in [0.3, 0.4) is 0 Å². The molecule has 0 unspecified atom stereocenters. The molecule has 1 aliphatic rings. The Morgan fingerprint density at radius 3 is 2.65 bits per heavy atom. The summed E-state index contributed by atoms with van der Waals surface area (Å²) in [6.07, 6.45) is 2.07. The maximum Gasteiger partial charge on any atom is 0.212 e. The predicted octanol–water partition coefficient (Wildman–Crippen LogP) is 0.436. The Morgan fingerprint density at radius 2 is 2.12 bits per heavy atom. The molecule has 17 heavy (non-hydrogen) atoms. The molecule has 0 spiro atoms. The summed E-state index contributed by atoms with van der Waals surface area (Å²) >= 11 is 0. The van der Waals surface area contributed by atoms with Crippen molar-refractivity contribution in [3.63, 3.8) is 0 Å². The lowest BCUT2D eigenvalue weighted by atomic mass is 10.3. The van der Waals surface area contributed by atoms with Crippen molar-refractivity contribution in [1.82, 2.24) is 19.7 Å². The van der Waals surface area contributed by atoms with Crippen molar-refractivity contribution in [3.8, 4) is 0 Å². The van der Waals surface area contributed by atoms with Crippen molar-refractivity contribution in [2.75, 3.05) is 5.75 Å². The summed E-state index contributed by atoms with van der Waals surface area (Å²) in [7, 11) is -3.16. The molecule has 1 aromatic heterocycles. The van der Waals surface area contributed by atoms with Crippen LogP contribution >= 0.6 is 0 Å². The Kier molecular flexibility index (Phi) is 3.48. The maximum absolute atomic E-state index is 11.7. The molecule has 1 heterocycles. The third kappa shape index (κ3) is 3.50. The summed E-state index contributed by atoms with van der Waals surface area (Å²) in [6.45, 7) is 4.71. The van der Waals surface area contributed by atoms with E-state index >= 15 is 0 Å². The van der Waals surface area contributed by atoms with E-state index in [9.17, 15) is 8.42 Å². The summed E-state index contributed by atoms with van der Waals surface area (Å²) in [5.74, 6) is 0.605. The van der Waals surface area contributed by atoms with Gasteiger partial charge in [-0.05, 0) is 32.6 Å². The van der Waals surface area contributed by atoms with Crippen LogP contribution in [-0.4, -0.2) is 29.2 Å². The van der Waals surface area contributed by atoms with Crippen LogP contribution in [0.5, 0.6) is 0 Å². The molecule has 0 saturated heterocycles. The fourth-order valence-electron chi connectivity index (χ4n) is 1.60. The van der Waals surface area contributed by atoms with Gasteiger partial charge in [-0.25, -0.2) is 13.1 Å². The van der Waals surface area contributed by atoms with Crippen LogP contribution in [0, 0.1) is 12.8 Å². The third-order valence-corrected chi connectivity index (χ3v) is 4.31. The lowest BCUT2D eigenvalue weighted by Gasteiger charge is -2.03. The number of aryl methyl sites for hydroxylation is 2. The van der Waals surface area contributed by atoms with Crippen LogP contribution in [-0.2, 0) is 23.1 Å². The van der Waals surface area contributed by atoms with Gasteiger partial charge >= 0.3 is 0 Å². The maximum atomic E-state index is 11.7. The molecule has 0 aliphatic heterocycles. The second kappa shape index (κ2) is 4.73. The number of hydrogen-bond donors (Lipinski definition) is 1. The van der Waals surface area contributed by atoms with Crippen molar-refractivity contribution in [3.05, 3.63) is 11.4 Å². The molecule has 1 N–H and O–H groups in total. The van der Waals surface area contributed by atoms with Gasteiger partial charge in [0.05, 0.1) is 24.5 Å². The monoisotopic (exact) mass is 258 g/mol. The number of nitrogens with one attached hydrogen (secondary N) is 1. The smallest absolute Gasteiger partial charge is 0.212 e. The Bertz CT molecular complexity index is 490. The molecule has 1 aromatic rings.